The van der Waals surface area contributed by atoms with Gasteiger partial charge in [-0.05, 0) is 12.1 Å². The minimum Gasteiger partial charge on any atom is -0.458 e. The Morgan fingerprint density at radius 2 is 1.83 bits per heavy atom. The number of carbonyl (C=O) groups is 2. The van der Waals surface area contributed by atoms with Gasteiger partial charge in [-0.25, -0.2) is 13.9 Å². The van der Waals surface area contributed by atoms with Crippen LogP contribution in [-0.4, -0.2) is 30.7 Å². The van der Waals surface area contributed by atoms with Crippen LogP contribution in [0.3, 0.4) is 0 Å². The van der Waals surface area contributed by atoms with Crippen molar-refractivity contribution in [2.45, 2.75) is 6.54 Å². The molecular formula is C14H15BF4N2O3. The normalized spacial score (nSPS) is 10.5. The summed E-state index contributed by atoms with van der Waals surface area (Å²) in [6.45, 7) is 0.919. The summed E-state index contributed by atoms with van der Waals surface area (Å²) < 4.78 is 48.0. The van der Waals surface area contributed by atoms with Crippen LogP contribution in [0, 0.1) is 0 Å². The van der Waals surface area contributed by atoms with Crippen LogP contribution in [0.25, 0.3) is 0 Å². The van der Waals surface area contributed by atoms with E-state index in [-0.39, 0.29) is 5.97 Å². The van der Waals surface area contributed by atoms with Crippen molar-refractivity contribution in [3.05, 3.63) is 54.1 Å². The summed E-state index contributed by atoms with van der Waals surface area (Å²) >= 11 is 0. The fourth-order valence-corrected chi connectivity index (χ4v) is 1.66. The van der Waals surface area contributed by atoms with E-state index in [1.807, 2.05) is 34.9 Å². The maximum Gasteiger partial charge on any atom is 0.673 e. The monoisotopic (exact) mass is 346 g/mol. The zero-order valence-corrected chi connectivity index (χ0v) is 12.7. The Labute approximate surface area is 135 Å². The summed E-state index contributed by atoms with van der Waals surface area (Å²) in [5, 5.41) is 0. The van der Waals surface area contributed by atoms with Crippen LogP contribution < -0.4 is 4.57 Å². The largest absolute Gasteiger partial charge is 0.673 e. The minimum atomic E-state index is -6.00. The minimum absolute atomic E-state index is 0.308. The van der Waals surface area contributed by atoms with Gasteiger partial charge in [0.05, 0.1) is 12.6 Å². The zero-order chi connectivity index (χ0) is 18.2. The number of ether oxygens (including phenoxy) is 1. The molecule has 1 aromatic heterocycles. The van der Waals surface area contributed by atoms with Crippen molar-refractivity contribution < 1.29 is 36.2 Å². The highest BCUT2D eigenvalue weighted by atomic mass is 19.5. The predicted molar refractivity (Wildman–Crippen MR) is 77.9 cm³/mol. The van der Waals surface area contributed by atoms with E-state index in [0.717, 1.165) is 6.29 Å². The summed E-state index contributed by atoms with van der Waals surface area (Å²) in [6, 6.07) is 6.36. The zero-order valence-electron chi connectivity index (χ0n) is 12.7. The molecule has 0 N–H and O–H groups in total. The molecule has 1 aromatic carbocycles. The van der Waals surface area contributed by atoms with Gasteiger partial charge in [0.15, 0.2) is 0 Å². The molecule has 0 aliphatic rings. The van der Waals surface area contributed by atoms with Crippen LogP contribution >= 0.6 is 0 Å². The molecule has 0 spiro atoms. The average Bonchev–Trinajstić information content (AvgIpc) is 2.91. The number of imidazole rings is 1. The molecule has 0 atom stereocenters. The molecule has 0 amide bonds. The molecule has 10 heteroatoms. The van der Waals surface area contributed by atoms with Gasteiger partial charge >= 0.3 is 13.2 Å². The van der Waals surface area contributed by atoms with Crippen molar-refractivity contribution in [1.29, 1.82) is 0 Å². The Hall–Kier alpha value is -2.65. The standard InChI is InChI=1S/C14H15N2O3.BF4/c1-15-6-7-16(11-15)8-9-19-14(18)13-4-2-12(10-17)3-5-13;2-1(3,4)5/h2-7,10-11H,8-9H2,1H3;/q+1;-1. The molecule has 0 aliphatic heterocycles. The molecule has 0 saturated heterocycles. The maximum atomic E-state index is 11.7. The summed E-state index contributed by atoms with van der Waals surface area (Å²) in [5.41, 5.74) is 0.986. The summed E-state index contributed by atoms with van der Waals surface area (Å²) in [6.07, 6.45) is 6.47. The van der Waals surface area contributed by atoms with Crippen LogP contribution in [0.5, 0.6) is 0 Å². The fraction of sp³-hybridized carbons (Fsp3) is 0.214. The van der Waals surface area contributed by atoms with Crippen molar-refractivity contribution in [3.63, 3.8) is 0 Å². The van der Waals surface area contributed by atoms with Crippen LogP contribution in [0.1, 0.15) is 20.7 Å². The van der Waals surface area contributed by atoms with Gasteiger partial charge in [-0.15, -0.1) is 0 Å². The Balaban J connectivity index is 0.000000505. The number of nitrogens with zero attached hydrogens (tertiary/aromatic N) is 2. The van der Waals surface area contributed by atoms with Crippen molar-refractivity contribution in [2.75, 3.05) is 6.61 Å². The van der Waals surface area contributed by atoms with E-state index >= 15 is 0 Å². The first-order valence-corrected chi connectivity index (χ1v) is 6.80. The molecule has 0 aliphatic carbocycles. The second-order valence-corrected chi connectivity index (χ2v) is 4.69. The number of aromatic nitrogens is 2. The third-order valence-electron chi connectivity index (χ3n) is 2.69. The number of halogens is 4. The molecule has 0 bridgehead atoms. The highest BCUT2D eigenvalue weighted by molar-refractivity contribution is 6.50. The molecule has 130 valence electrons. The first-order chi connectivity index (χ1) is 11.2. The lowest BCUT2D eigenvalue weighted by Crippen LogP contribution is -2.24. The van der Waals surface area contributed by atoms with E-state index in [1.165, 1.54) is 0 Å². The van der Waals surface area contributed by atoms with Gasteiger partial charge in [-0.3, -0.25) is 4.79 Å². The Kier molecular flexibility index (Phi) is 7.15. The third kappa shape index (κ3) is 8.11. The number of carbonyl (C=O) groups excluding carboxylic acids is 2. The van der Waals surface area contributed by atoms with Crippen LogP contribution in [0.15, 0.2) is 43.0 Å². The number of esters is 1. The molecule has 0 fully saturated rings. The first kappa shape index (κ1) is 19.4. The van der Waals surface area contributed by atoms with E-state index < -0.39 is 7.25 Å². The number of aryl methyl sites for hydroxylation is 1. The van der Waals surface area contributed by atoms with Crippen molar-refractivity contribution in [2.24, 2.45) is 7.05 Å². The first-order valence-electron chi connectivity index (χ1n) is 6.80. The van der Waals surface area contributed by atoms with Crippen LogP contribution in [-0.2, 0) is 18.3 Å². The van der Waals surface area contributed by atoms with E-state index in [2.05, 4.69) is 0 Å². The van der Waals surface area contributed by atoms with E-state index in [1.54, 1.807) is 24.3 Å². The number of rotatable bonds is 5. The number of hydrogen-bond acceptors (Lipinski definition) is 3. The van der Waals surface area contributed by atoms with Crippen molar-refractivity contribution in [3.8, 4) is 0 Å². The second kappa shape index (κ2) is 8.85. The number of benzene rings is 1. The van der Waals surface area contributed by atoms with Gasteiger partial charge in [-0.1, -0.05) is 12.1 Å². The lowest BCUT2D eigenvalue weighted by molar-refractivity contribution is -0.671. The van der Waals surface area contributed by atoms with Gasteiger partial charge in [0.1, 0.15) is 31.8 Å². The molecule has 5 nitrogen and oxygen atoms in total. The lowest BCUT2D eigenvalue weighted by atomic mass is 10.1. The molecule has 0 radical (unpaired) electrons. The summed E-state index contributed by atoms with van der Waals surface area (Å²) in [5.74, 6) is -0.381. The van der Waals surface area contributed by atoms with Gasteiger partial charge in [0.25, 0.3) is 0 Å². The molecular weight excluding hydrogens is 331 g/mol. The molecule has 0 saturated carbocycles. The van der Waals surface area contributed by atoms with Crippen molar-refractivity contribution >= 4 is 19.5 Å². The average molecular weight is 346 g/mol. The molecule has 24 heavy (non-hydrogen) atoms. The van der Waals surface area contributed by atoms with E-state index in [9.17, 15) is 26.9 Å². The predicted octanol–water partition coefficient (Wildman–Crippen LogP) is 2.28. The quantitative estimate of drug-likeness (QED) is 0.274. The molecule has 0 unspecified atom stereocenters. The van der Waals surface area contributed by atoms with Crippen LogP contribution in [0.4, 0.5) is 17.3 Å². The van der Waals surface area contributed by atoms with E-state index in [4.69, 9.17) is 4.74 Å². The highest BCUT2D eigenvalue weighted by Crippen LogP contribution is 2.06. The van der Waals surface area contributed by atoms with Gasteiger partial charge in [0, 0.05) is 5.56 Å². The highest BCUT2D eigenvalue weighted by Gasteiger charge is 2.20. The summed E-state index contributed by atoms with van der Waals surface area (Å²) in [4.78, 5) is 22.2. The SMILES string of the molecule is C[n+]1ccn(CCOC(=O)c2ccc(C=O)cc2)c1.F[B-](F)(F)F. The molecule has 2 aromatic rings. The number of hydrogen-bond donors (Lipinski definition) is 0. The fourth-order valence-electron chi connectivity index (χ4n) is 1.66. The topological polar surface area (TPSA) is 52.2 Å². The van der Waals surface area contributed by atoms with E-state index in [0.29, 0.717) is 24.3 Å². The Morgan fingerprint density at radius 3 is 2.29 bits per heavy atom. The molecule has 2 rings (SSSR count). The van der Waals surface area contributed by atoms with Crippen LogP contribution in [0.2, 0.25) is 0 Å². The Morgan fingerprint density at radius 1 is 1.25 bits per heavy atom. The van der Waals surface area contributed by atoms with Gasteiger partial charge in [-0.2, -0.15) is 0 Å². The van der Waals surface area contributed by atoms with Gasteiger partial charge in [0.2, 0.25) is 6.33 Å². The maximum absolute atomic E-state index is 11.7. The van der Waals surface area contributed by atoms with Gasteiger partial charge < -0.3 is 22.0 Å². The number of aldehydes is 1. The summed E-state index contributed by atoms with van der Waals surface area (Å²) in [7, 11) is -4.07. The smallest absolute Gasteiger partial charge is 0.458 e. The Bertz CT molecular complexity index is 665. The molecule has 1 heterocycles. The van der Waals surface area contributed by atoms with Crippen molar-refractivity contribution in [1.82, 2.24) is 4.57 Å². The lowest BCUT2D eigenvalue weighted by Gasteiger charge is -2.03. The second-order valence-electron chi connectivity index (χ2n) is 4.69. The third-order valence-corrected chi connectivity index (χ3v) is 2.69.